The zero-order valence-corrected chi connectivity index (χ0v) is 12.4. The van der Waals surface area contributed by atoms with Gasteiger partial charge in [0.05, 0.1) is 6.61 Å². The predicted octanol–water partition coefficient (Wildman–Crippen LogP) is 1.91. The highest BCUT2D eigenvalue weighted by molar-refractivity contribution is 5.85. The molecule has 0 unspecified atom stereocenters. The Hall–Kier alpha value is -1.30. The summed E-state index contributed by atoms with van der Waals surface area (Å²) in [4.78, 5) is 23.5. The van der Waals surface area contributed by atoms with Crippen LogP contribution in [0, 0.1) is 5.92 Å². The Morgan fingerprint density at radius 1 is 1.20 bits per heavy atom. The van der Waals surface area contributed by atoms with E-state index in [1.165, 1.54) is 0 Å². The summed E-state index contributed by atoms with van der Waals surface area (Å²) in [6.07, 6.45) is 3.44. The van der Waals surface area contributed by atoms with Crippen LogP contribution in [0.15, 0.2) is 0 Å². The molecule has 1 fully saturated rings. The van der Waals surface area contributed by atoms with Crippen molar-refractivity contribution >= 4 is 12.1 Å². The molecule has 0 aromatic heterocycles. The number of aliphatic carboxylic acids is 1. The van der Waals surface area contributed by atoms with E-state index in [1.807, 2.05) is 0 Å². The van der Waals surface area contributed by atoms with Gasteiger partial charge in [0.15, 0.2) is 5.54 Å². The third kappa shape index (κ3) is 4.10. The molecule has 1 saturated carbocycles. The minimum atomic E-state index is -1.65. The van der Waals surface area contributed by atoms with E-state index in [0.29, 0.717) is 12.8 Å². The van der Waals surface area contributed by atoms with E-state index >= 15 is 0 Å². The number of rotatable bonds is 4. The smallest absolute Gasteiger partial charge is 0.408 e. The standard InChI is InChI=1S/C14H25NO5/c1-13(2,3)20-12(19)15-14(9-16,11(17)18)10-7-5-4-6-8-10/h10,16H,4-9H2,1-3H3,(H,15,19)(H,17,18)/t14-/m1/s1. The Labute approximate surface area is 119 Å². The number of carbonyl (C=O) groups is 2. The second-order valence-corrected chi connectivity index (χ2v) is 6.40. The van der Waals surface area contributed by atoms with Gasteiger partial charge in [0.2, 0.25) is 0 Å². The van der Waals surface area contributed by atoms with E-state index in [4.69, 9.17) is 4.74 Å². The summed E-state index contributed by atoms with van der Waals surface area (Å²) in [5.41, 5.74) is -2.36. The predicted molar refractivity (Wildman–Crippen MR) is 73.4 cm³/mol. The van der Waals surface area contributed by atoms with Crippen molar-refractivity contribution in [2.24, 2.45) is 5.92 Å². The molecule has 3 N–H and O–H groups in total. The number of carbonyl (C=O) groups excluding carboxylic acids is 1. The highest BCUT2D eigenvalue weighted by Crippen LogP contribution is 2.33. The molecule has 0 radical (unpaired) electrons. The molecule has 1 amide bonds. The number of hydrogen-bond donors (Lipinski definition) is 3. The molecule has 0 aliphatic heterocycles. The molecule has 1 aliphatic carbocycles. The van der Waals surface area contributed by atoms with Crippen LogP contribution in [-0.4, -0.2) is 40.0 Å². The normalized spacial score (nSPS) is 20.0. The summed E-state index contributed by atoms with van der Waals surface area (Å²) in [6.45, 7) is 4.48. The lowest BCUT2D eigenvalue weighted by Crippen LogP contribution is -2.62. The van der Waals surface area contributed by atoms with E-state index in [0.717, 1.165) is 19.3 Å². The number of alkyl carbamates (subject to hydrolysis) is 1. The molecule has 0 aromatic carbocycles. The second kappa shape index (κ2) is 6.43. The van der Waals surface area contributed by atoms with Crippen molar-refractivity contribution in [3.63, 3.8) is 0 Å². The fraction of sp³-hybridized carbons (Fsp3) is 0.857. The average molecular weight is 287 g/mol. The lowest BCUT2D eigenvalue weighted by atomic mass is 9.75. The Kier molecular flexibility index (Phi) is 5.39. The van der Waals surface area contributed by atoms with Crippen molar-refractivity contribution in [1.29, 1.82) is 0 Å². The SMILES string of the molecule is CC(C)(C)OC(=O)N[C@@](CO)(C(=O)O)C1CCCCC1. The van der Waals surface area contributed by atoms with Crippen molar-refractivity contribution in [3.8, 4) is 0 Å². The van der Waals surface area contributed by atoms with Crippen LogP contribution in [0.5, 0.6) is 0 Å². The number of amides is 1. The van der Waals surface area contributed by atoms with Gasteiger partial charge in [-0.1, -0.05) is 19.3 Å². The Bertz CT molecular complexity index is 357. The number of nitrogens with one attached hydrogen (secondary N) is 1. The van der Waals surface area contributed by atoms with Crippen LogP contribution in [0.25, 0.3) is 0 Å². The first kappa shape index (κ1) is 16.8. The zero-order chi connectivity index (χ0) is 15.4. The molecule has 0 spiro atoms. The summed E-state index contributed by atoms with van der Waals surface area (Å²) >= 11 is 0. The van der Waals surface area contributed by atoms with Gasteiger partial charge in [-0.3, -0.25) is 0 Å². The van der Waals surface area contributed by atoms with Crippen LogP contribution < -0.4 is 5.32 Å². The molecule has 20 heavy (non-hydrogen) atoms. The first-order valence-electron chi connectivity index (χ1n) is 7.07. The van der Waals surface area contributed by atoms with E-state index in [1.54, 1.807) is 20.8 Å². The Morgan fingerprint density at radius 3 is 2.15 bits per heavy atom. The lowest BCUT2D eigenvalue weighted by Gasteiger charge is -2.38. The highest BCUT2D eigenvalue weighted by Gasteiger charge is 2.47. The number of ether oxygens (including phenoxy) is 1. The van der Waals surface area contributed by atoms with Crippen LogP contribution in [0.3, 0.4) is 0 Å². The quantitative estimate of drug-likeness (QED) is 0.734. The molecule has 0 saturated heterocycles. The summed E-state index contributed by atoms with van der Waals surface area (Å²) < 4.78 is 5.11. The van der Waals surface area contributed by atoms with Gasteiger partial charge in [0.1, 0.15) is 5.60 Å². The van der Waals surface area contributed by atoms with Crippen LogP contribution in [0.1, 0.15) is 52.9 Å². The minimum Gasteiger partial charge on any atom is -0.479 e. The molecular formula is C14H25NO5. The van der Waals surface area contributed by atoms with Crippen molar-refractivity contribution in [1.82, 2.24) is 5.32 Å². The van der Waals surface area contributed by atoms with Crippen molar-refractivity contribution in [3.05, 3.63) is 0 Å². The van der Waals surface area contributed by atoms with E-state index in [-0.39, 0.29) is 5.92 Å². The number of aliphatic hydroxyl groups is 1. The van der Waals surface area contributed by atoms with Crippen molar-refractivity contribution < 1.29 is 24.5 Å². The number of carboxylic acids is 1. The summed E-state index contributed by atoms with van der Waals surface area (Å²) in [5.74, 6) is -1.48. The monoisotopic (exact) mass is 287 g/mol. The van der Waals surface area contributed by atoms with Crippen LogP contribution in [-0.2, 0) is 9.53 Å². The minimum absolute atomic E-state index is 0.272. The number of carboxylic acid groups (broad SMARTS) is 1. The van der Waals surface area contributed by atoms with E-state index < -0.39 is 29.8 Å². The molecule has 1 aliphatic rings. The molecule has 0 bridgehead atoms. The van der Waals surface area contributed by atoms with Gasteiger partial charge in [-0.2, -0.15) is 0 Å². The summed E-state index contributed by atoms with van der Waals surface area (Å²) in [5, 5.41) is 21.5. The molecule has 1 atom stereocenters. The first-order chi connectivity index (χ1) is 9.21. The van der Waals surface area contributed by atoms with Gasteiger partial charge in [0.25, 0.3) is 0 Å². The van der Waals surface area contributed by atoms with Gasteiger partial charge < -0.3 is 20.3 Å². The van der Waals surface area contributed by atoms with Gasteiger partial charge >= 0.3 is 12.1 Å². The summed E-state index contributed by atoms with van der Waals surface area (Å²) in [6, 6.07) is 0. The summed E-state index contributed by atoms with van der Waals surface area (Å²) in [7, 11) is 0. The van der Waals surface area contributed by atoms with E-state index in [9.17, 15) is 19.8 Å². The molecule has 116 valence electrons. The van der Waals surface area contributed by atoms with Gasteiger partial charge in [-0.15, -0.1) is 0 Å². The molecule has 1 rings (SSSR count). The second-order valence-electron chi connectivity index (χ2n) is 6.40. The Balaban J connectivity index is 2.88. The third-order valence-corrected chi connectivity index (χ3v) is 3.66. The largest absolute Gasteiger partial charge is 0.479 e. The van der Waals surface area contributed by atoms with E-state index in [2.05, 4.69) is 5.32 Å². The van der Waals surface area contributed by atoms with Crippen LogP contribution >= 0.6 is 0 Å². The average Bonchev–Trinajstić information content (AvgIpc) is 2.34. The molecule has 0 heterocycles. The fourth-order valence-electron chi connectivity index (χ4n) is 2.65. The van der Waals surface area contributed by atoms with Gasteiger partial charge in [0, 0.05) is 0 Å². The van der Waals surface area contributed by atoms with Crippen LogP contribution in [0.4, 0.5) is 4.79 Å². The lowest BCUT2D eigenvalue weighted by molar-refractivity contribution is -0.150. The van der Waals surface area contributed by atoms with Crippen molar-refractivity contribution in [2.75, 3.05) is 6.61 Å². The maximum Gasteiger partial charge on any atom is 0.408 e. The number of hydrogen-bond acceptors (Lipinski definition) is 4. The van der Waals surface area contributed by atoms with Gasteiger partial charge in [-0.25, -0.2) is 9.59 Å². The zero-order valence-electron chi connectivity index (χ0n) is 12.4. The molecule has 6 nitrogen and oxygen atoms in total. The van der Waals surface area contributed by atoms with Crippen molar-refractivity contribution in [2.45, 2.75) is 64.0 Å². The highest BCUT2D eigenvalue weighted by atomic mass is 16.6. The number of aliphatic hydroxyl groups excluding tert-OH is 1. The Morgan fingerprint density at radius 2 is 1.75 bits per heavy atom. The topological polar surface area (TPSA) is 95.9 Å². The molecular weight excluding hydrogens is 262 g/mol. The third-order valence-electron chi connectivity index (χ3n) is 3.66. The van der Waals surface area contributed by atoms with Gasteiger partial charge in [-0.05, 0) is 39.5 Å². The molecule has 0 aromatic rings. The maximum absolute atomic E-state index is 11.9. The molecule has 6 heteroatoms. The van der Waals surface area contributed by atoms with Crippen LogP contribution in [0.2, 0.25) is 0 Å². The maximum atomic E-state index is 11.9. The fourth-order valence-corrected chi connectivity index (χ4v) is 2.65. The first-order valence-corrected chi connectivity index (χ1v) is 7.07.